The second-order valence-corrected chi connectivity index (χ2v) is 9.21. The fraction of sp³-hybridized carbons (Fsp3) is 0.259. The molecular formula is C27H29N5O2. The number of aromatic hydroxyl groups is 1. The molecule has 1 heterocycles. The molecule has 1 aromatic heterocycles. The van der Waals surface area contributed by atoms with Crippen molar-refractivity contribution in [3.63, 3.8) is 0 Å². The van der Waals surface area contributed by atoms with Crippen LogP contribution < -0.4 is 16.8 Å². The number of aromatic nitrogens is 1. The first-order chi connectivity index (χ1) is 16.4. The third kappa shape index (κ3) is 4.22. The Morgan fingerprint density at radius 1 is 1.03 bits per heavy atom. The molecule has 0 atom stereocenters. The van der Waals surface area contributed by atoms with Gasteiger partial charge in [0.15, 0.2) is 0 Å². The van der Waals surface area contributed by atoms with Crippen LogP contribution in [0.5, 0.6) is 5.75 Å². The number of hydrogen-bond acceptors (Lipinski definition) is 4. The van der Waals surface area contributed by atoms with Gasteiger partial charge in [0.25, 0.3) is 5.91 Å². The zero-order valence-electron chi connectivity index (χ0n) is 18.9. The van der Waals surface area contributed by atoms with Crippen molar-refractivity contribution in [2.24, 2.45) is 11.5 Å². The largest absolute Gasteiger partial charge is 0.508 e. The summed E-state index contributed by atoms with van der Waals surface area (Å²) in [6.45, 7) is 0.387. The minimum absolute atomic E-state index is 0.0259. The van der Waals surface area contributed by atoms with E-state index in [4.69, 9.17) is 16.9 Å². The fourth-order valence-electron chi connectivity index (χ4n) is 4.98. The number of nitrogens with zero attached hydrogens (tertiary/aromatic N) is 1. The minimum atomic E-state index is -0.134. The first kappa shape index (κ1) is 22.0. The molecule has 0 aliphatic heterocycles. The molecule has 0 radical (unpaired) electrons. The Balaban J connectivity index is 1.59. The highest BCUT2D eigenvalue weighted by molar-refractivity contribution is 6.02. The number of rotatable bonds is 5. The maximum Gasteiger partial charge on any atom is 0.268 e. The highest BCUT2D eigenvalue weighted by Gasteiger charge is 2.23. The SMILES string of the molecule is N=C(N)c1ccc2cc(C(=O)NC3CCC(N)CC3)n(Cc3cc(O)cc4ccccc34)c2c1. The summed E-state index contributed by atoms with van der Waals surface area (Å²) < 4.78 is 1.95. The number of hydrogen-bond donors (Lipinski definition) is 5. The predicted molar refractivity (Wildman–Crippen MR) is 135 cm³/mol. The molecule has 34 heavy (non-hydrogen) atoms. The van der Waals surface area contributed by atoms with Crippen LogP contribution >= 0.6 is 0 Å². The Morgan fingerprint density at radius 2 is 1.79 bits per heavy atom. The smallest absolute Gasteiger partial charge is 0.268 e. The fourth-order valence-corrected chi connectivity index (χ4v) is 4.98. The number of fused-ring (bicyclic) bond motifs is 2. The van der Waals surface area contributed by atoms with E-state index in [1.165, 1.54) is 0 Å². The summed E-state index contributed by atoms with van der Waals surface area (Å²) in [7, 11) is 0. The van der Waals surface area contributed by atoms with Crippen molar-refractivity contribution in [1.29, 1.82) is 5.41 Å². The van der Waals surface area contributed by atoms with E-state index in [1.54, 1.807) is 18.2 Å². The number of phenolic OH excluding ortho intramolecular Hbond substituents is 1. The molecule has 1 aliphatic rings. The zero-order valence-corrected chi connectivity index (χ0v) is 18.9. The molecule has 7 N–H and O–H groups in total. The van der Waals surface area contributed by atoms with Crippen molar-refractivity contribution in [2.75, 3.05) is 0 Å². The molecule has 1 fully saturated rings. The van der Waals surface area contributed by atoms with Crippen molar-refractivity contribution in [3.05, 3.63) is 77.5 Å². The van der Waals surface area contributed by atoms with E-state index < -0.39 is 0 Å². The first-order valence-electron chi connectivity index (χ1n) is 11.6. The summed E-state index contributed by atoms with van der Waals surface area (Å²) in [5.74, 6) is 0.0200. The highest BCUT2D eigenvalue weighted by Crippen LogP contribution is 2.29. The predicted octanol–water partition coefficient (Wildman–Crippen LogP) is 3.83. The average molecular weight is 456 g/mol. The molecule has 7 heteroatoms. The average Bonchev–Trinajstić information content (AvgIpc) is 3.18. The lowest BCUT2D eigenvalue weighted by Crippen LogP contribution is -2.41. The van der Waals surface area contributed by atoms with Crippen LogP contribution in [-0.2, 0) is 6.54 Å². The third-order valence-corrected chi connectivity index (χ3v) is 6.82. The summed E-state index contributed by atoms with van der Waals surface area (Å²) in [5, 5.41) is 24.2. The number of nitrogen functional groups attached to an aromatic ring is 1. The first-order valence-corrected chi connectivity index (χ1v) is 11.6. The van der Waals surface area contributed by atoms with Crippen molar-refractivity contribution in [2.45, 2.75) is 44.3 Å². The standard InChI is InChI=1S/C27H29N5O2/c28-20-7-9-21(10-8-20)31-27(34)25-13-17-5-6-18(26(29)30)14-24(17)32(25)15-19-12-22(33)11-16-3-1-2-4-23(16)19/h1-6,11-14,20-21,33H,7-10,15,28H2,(H3,29,30)(H,31,34). The summed E-state index contributed by atoms with van der Waals surface area (Å²) in [6, 6.07) is 19.1. The molecule has 5 rings (SSSR count). The molecule has 1 amide bonds. The normalized spacial score (nSPS) is 18.3. The zero-order chi connectivity index (χ0) is 23.8. The second kappa shape index (κ2) is 8.83. The van der Waals surface area contributed by atoms with E-state index in [0.717, 1.165) is 52.9 Å². The van der Waals surface area contributed by atoms with Gasteiger partial charge in [-0.3, -0.25) is 10.2 Å². The molecular weight excluding hydrogens is 426 g/mol. The highest BCUT2D eigenvalue weighted by atomic mass is 16.3. The van der Waals surface area contributed by atoms with E-state index in [9.17, 15) is 9.90 Å². The Hall–Kier alpha value is -3.84. The van der Waals surface area contributed by atoms with Gasteiger partial charge in [0.2, 0.25) is 0 Å². The van der Waals surface area contributed by atoms with Crippen LogP contribution in [0.2, 0.25) is 0 Å². The van der Waals surface area contributed by atoms with Crippen molar-refractivity contribution in [3.8, 4) is 5.75 Å². The summed E-state index contributed by atoms with van der Waals surface area (Å²) in [4.78, 5) is 13.4. The maximum atomic E-state index is 13.4. The van der Waals surface area contributed by atoms with Crippen LogP contribution in [-0.4, -0.2) is 33.5 Å². The molecule has 0 bridgehead atoms. The topological polar surface area (TPSA) is 130 Å². The third-order valence-electron chi connectivity index (χ3n) is 6.82. The summed E-state index contributed by atoms with van der Waals surface area (Å²) >= 11 is 0. The van der Waals surface area contributed by atoms with Crippen LogP contribution in [0.1, 0.15) is 47.3 Å². The summed E-state index contributed by atoms with van der Waals surface area (Å²) in [5.41, 5.74) is 14.6. The molecule has 3 aromatic carbocycles. The number of amidine groups is 1. The van der Waals surface area contributed by atoms with Crippen molar-refractivity contribution in [1.82, 2.24) is 9.88 Å². The van der Waals surface area contributed by atoms with Gasteiger partial charge in [-0.25, -0.2) is 0 Å². The van der Waals surface area contributed by atoms with Gasteiger partial charge in [0.1, 0.15) is 17.3 Å². The molecule has 0 saturated heterocycles. The lowest BCUT2D eigenvalue weighted by molar-refractivity contribution is 0.0917. The van der Waals surface area contributed by atoms with E-state index in [1.807, 2.05) is 47.0 Å². The number of carbonyl (C=O) groups excluding carboxylic acids is 1. The van der Waals surface area contributed by atoms with Crippen molar-refractivity contribution < 1.29 is 9.90 Å². The van der Waals surface area contributed by atoms with Gasteiger partial charge >= 0.3 is 0 Å². The van der Waals surface area contributed by atoms with Gasteiger partial charge in [-0.1, -0.05) is 36.4 Å². The Kier molecular flexibility index (Phi) is 5.71. The molecule has 4 aromatic rings. The number of nitrogens with two attached hydrogens (primary N) is 2. The van der Waals surface area contributed by atoms with Gasteiger partial charge in [-0.15, -0.1) is 0 Å². The Bertz CT molecular complexity index is 1400. The summed E-state index contributed by atoms with van der Waals surface area (Å²) in [6.07, 6.45) is 3.56. The lowest BCUT2D eigenvalue weighted by Gasteiger charge is -2.27. The number of amides is 1. The second-order valence-electron chi connectivity index (χ2n) is 9.21. The quantitative estimate of drug-likeness (QED) is 0.231. The lowest BCUT2D eigenvalue weighted by atomic mass is 9.92. The van der Waals surface area contributed by atoms with Crippen LogP contribution in [0.15, 0.2) is 60.7 Å². The van der Waals surface area contributed by atoms with Gasteiger partial charge in [0, 0.05) is 35.1 Å². The Labute approximate surface area is 197 Å². The van der Waals surface area contributed by atoms with E-state index in [-0.39, 0.29) is 29.6 Å². The van der Waals surface area contributed by atoms with Crippen LogP contribution in [0.25, 0.3) is 21.7 Å². The van der Waals surface area contributed by atoms with Crippen LogP contribution in [0.4, 0.5) is 0 Å². The molecule has 7 nitrogen and oxygen atoms in total. The maximum absolute atomic E-state index is 13.4. The minimum Gasteiger partial charge on any atom is -0.508 e. The number of nitrogens with one attached hydrogen (secondary N) is 2. The number of benzene rings is 3. The monoisotopic (exact) mass is 455 g/mol. The van der Waals surface area contributed by atoms with Crippen LogP contribution in [0, 0.1) is 5.41 Å². The van der Waals surface area contributed by atoms with Gasteiger partial charge in [0.05, 0.1) is 0 Å². The van der Waals surface area contributed by atoms with Gasteiger partial charge in [-0.2, -0.15) is 0 Å². The van der Waals surface area contributed by atoms with Gasteiger partial charge in [-0.05, 0) is 66.3 Å². The number of phenols is 1. The van der Waals surface area contributed by atoms with E-state index in [2.05, 4.69) is 5.32 Å². The van der Waals surface area contributed by atoms with Crippen LogP contribution in [0.3, 0.4) is 0 Å². The molecule has 0 spiro atoms. The molecule has 1 saturated carbocycles. The molecule has 1 aliphatic carbocycles. The Morgan fingerprint density at radius 3 is 2.56 bits per heavy atom. The molecule has 174 valence electrons. The van der Waals surface area contributed by atoms with Crippen molar-refractivity contribution >= 4 is 33.4 Å². The van der Waals surface area contributed by atoms with E-state index in [0.29, 0.717) is 17.8 Å². The van der Waals surface area contributed by atoms with Gasteiger partial charge < -0.3 is 26.5 Å². The molecule has 0 unspecified atom stereocenters. The number of carbonyl (C=O) groups is 1. The van der Waals surface area contributed by atoms with E-state index >= 15 is 0 Å².